The van der Waals surface area contributed by atoms with Crippen molar-refractivity contribution in [1.29, 1.82) is 0 Å². The first-order valence-electron chi connectivity index (χ1n) is 5.84. The van der Waals surface area contributed by atoms with Crippen molar-refractivity contribution in [2.24, 2.45) is 5.73 Å². The maximum atomic E-state index is 12.1. The fourth-order valence-corrected chi connectivity index (χ4v) is 3.31. The van der Waals surface area contributed by atoms with Crippen LogP contribution in [0.1, 0.15) is 20.3 Å². The number of sulfonamides is 1. The molecule has 0 spiro atoms. The van der Waals surface area contributed by atoms with E-state index in [0.29, 0.717) is 32.6 Å². The topological polar surface area (TPSA) is 83.7 Å². The Kier molecular flexibility index (Phi) is 4.91. The van der Waals surface area contributed by atoms with E-state index in [9.17, 15) is 13.2 Å². The Morgan fingerprint density at radius 3 is 2.47 bits per heavy atom. The molecule has 7 heteroatoms. The lowest BCUT2D eigenvalue weighted by atomic mass is 10.4. The number of hydrogen-bond donors (Lipinski definition) is 1. The van der Waals surface area contributed by atoms with Crippen LogP contribution in [-0.4, -0.2) is 61.5 Å². The summed E-state index contributed by atoms with van der Waals surface area (Å²) in [4.78, 5) is 12.9. The molecule has 1 saturated heterocycles. The van der Waals surface area contributed by atoms with Crippen molar-refractivity contribution in [3.8, 4) is 0 Å². The van der Waals surface area contributed by atoms with Gasteiger partial charge >= 0.3 is 0 Å². The normalized spacial score (nSPS) is 21.0. The third kappa shape index (κ3) is 3.40. The van der Waals surface area contributed by atoms with Gasteiger partial charge in [-0.1, -0.05) is 0 Å². The van der Waals surface area contributed by atoms with Crippen LogP contribution in [0.3, 0.4) is 0 Å². The van der Waals surface area contributed by atoms with Crippen LogP contribution >= 0.6 is 0 Å². The van der Waals surface area contributed by atoms with E-state index in [1.165, 1.54) is 11.2 Å². The number of amides is 1. The van der Waals surface area contributed by atoms with Gasteiger partial charge in [-0.15, -0.1) is 0 Å². The zero-order chi connectivity index (χ0) is 13.1. The molecule has 1 amide bonds. The molecular weight excluding hydrogens is 242 g/mol. The number of hydrogen-bond acceptors (Lipinski definition) is 4. The van der Waals surface area contributed by atoms with Crippen molar-refractivity contribution in [1.82, 2.24) is 9.21 Å². The van der Waals surface area contributed by atoms with Crippen LogP contribution in [0.2, 0.25) is 0 Å². The number of carbonyl (C=O) groups is 1. The highest BCUT2D eigenvalue weighted by Gasteiger charge is 2.29. The van der Waals surface area contributed by atoms with Crippen molar-refractivity contribution in [3.63, 3.8) is 0 Å². The van der Waals surface area contributed by atoms with Gasteiger partial charge < -0.3 is 10.6 Å². The Morgan fingerprint density at radius 1 is 1.29 bits per heavy atom. The summed E-state index contributed by atoms with van der Waals surface area (Å²) in [7, 11) is -3.31. The van der Waals surface area contributed by atoms with Gasteiger partial charge in [0, 0.05) is 39.6 Å². The second-order valence-electron chi connectivity index (χ2n) is 4.35. The molecule has 100 valence electrons. The average molecular weight is 263 g/mol. The fourth-order valence-electron chi connectivity index (χ4n) is 1.84. The molecule has 6 nitrogen and oxygen atoms in total. The van der Waals surface area contributed by atoms with Crippen LogP contribution < -0.4 is 5.73 Å². The van der Waals surface area contributed by atoms with Crippen molar-refractivity contribution >= 4 is 15.9 Å². The molecule has 0 aromatic carbocycles. The summed E-state index contributed by atoms with van der Waals surface area (Å²) in [6.07, 6.45) is 0.677. The Hall–Kier alpha value is -0.660. The first kappa shape index (κ1) is 14.4. The Labute approximate surface area is 103 Å². The van der Waals surface area contributed by atoms with E-state index in [1.54, 1.807) is 11.8 Å². The first-order chi connectivity index (χ1) is 7.89. The lowest BCUT2D eigenvalue weighted by Crippen LogP contribution is -2.42. The van der Waals surface area contributed by atoms with E-state index in [1.807, 2.05) is 0 Å². The lowest BCUT2D eigenvalue weighted by Gasteiger charge is -2.23. The molecule has 1 heterocycles. The van der Waals surface area contributed by atoms with Crippen molar-refractivity contribution < 1.29 is 13.2 Å². The molecule has 2 N–H and O–H groups in total. The maximum Gasteiger partial charge on any atom is 0.219 e. The van der Waals surface area contributed by atoms with Crippen LogP contribution in [0.15, 0.2) is 0 Å². The smallest absolute Gasteiger partial charge is 0.219 e. The van der Waals surface area contributed by atoms with E-state index in [4.69, 9.17) is 5.73 Å². The SMILES string of the molecule is CC(=O)N1CCCN(S(=O)(=O)C(C)CN)CC1. The number of carbonyl (C=O) groups excluding carboxylic acids is 1. The van der Waals surface area contributed by atoms with E-state index in [-0.39, 0.29) is 12.5 Å². The predicted octanol–water partition coefficient (Wildman–Crippen LogP) is -0.782. The van der Waals surface area contributed by atoms with Gasteiger partial charge in [0.2, 0.25) is 15.9 Å². The Balaban J connectivity index is 2.72. The van der Waals surface area contributed by atoms with Gasteiger partial charge in [0.1, 0.15) is 0 Å². The molecule has 1 aliphatic rings. The highest BCUT2D eigenvalue weighted by molar-refractivity contribution is 7.89. The van der Waals surface area contributed by atoms with E-state index < -0.39 is 15.3 Å². The van der Waals surface area contributed by atoms with Gasteiger partial charge in [0.05, 0.1) is 5.25 Å². The molecule has 0 radical (unpaired) electrons. The Morgan fingerprint density at radius 2 is 1.94 bits per heavy atom. The number of nitrogens with two attached hydrogens (primary N) is 1. The summed E-state index contributed by atoms with van der Waals surface area (Å²) in [6, 6.07) is 0. The standard InChI is InChI=1S/C10H21N3O3S/c1-9(8-11)17(15,16)13-5-3-4-12(6-7-13)10(2)14/h9H,3-8,11H2,1-2H3. The molecule has 1 aliphatic heterocycles. The second-order valence-corrected chi connectivity index (χ2v) is 6.70. The largest absolute Gasteiger partial charge is 0.342 e. The molecular formula is C10H21N3O3S. The molecule has 0 saturated carbocycles. The predicted molar refractivity (Wildman–Crippen MR) is 65.9 cm³/mol. The third-order valence-corrected chi connectivity index (χ3v) is 5.39. The highest BCUT2D eigenvalue weighted by atomic mass is 32.2. The molecule has 1 rings (SSSR count). The maximum absolute atomic E-state index is 12.1. The zero-order valence-electron chi connectivity index (χ0n) is 10.4. The summed E-state index contributed by atoms with van der Waals surface area (Å²) in [6.45, 7) is 5.16. The fraction of sp³-hybridized carbons (Fsp3) is 0.900. The van der Waals surface area contributed by atoms with E-state index in [2.05, 4.69) is 0 Å². The monoisotopic (exact) mass is 263 g/mol. The molecule has 0 aliphatic carbocycles. The average Bonchev–Trinajstić information content (AvgIpc) is 2.53. The van der Waals surface area contributed by atoms with Gasteiger partial charge in [0.25, 0.3) is 0 Å². The second kappa shape index (κ2) is 5.79. The van der Waals surface area contributed by atoms with Crippen LogP contribution in [0.25, 0.3) is 0 Å². The summed E-state index contributed by atoms with van der Waals surface area (Å²) in [5.74, 6) is -0.00359. The third-order valence-electron chi connectivity index (χ3n) is 3.10. The van der Waals surface area contributed by atoms with Crippen LogP contribution in [0, 0.1) is 0 Å². The van der Waals surface area contributed by atoms with Crippen molar-refractivity contribution in [2.75, 3.05) is 32.7 Å². The zero-order valence-corrected chi connectivity index (χ0v) is 11.2. The highest BCUT2D eigenvalue weighted by Crippen LogP contribution is 2.12. The molecule has 0 bridgehead atoms. The Bertz CT molecular complexity index is 369. The summed E-state index contributed by atoms with van der Waals surface area (Å²) in [5.41, 5.74) is 5.41. The minimum atomic E-state index is -3.31. The summed E-state index contributed by atoms with van der Waals surface area (Å²) >= 11 is 0. The van der Waals surface area contributed by atoms with Crippen LogP contribution in [-0.2, 0) is 14.8 Å². The van der Waals surface area contributed by atoms with Gasteiger partial charge in [-0.25, -0.2) is 8.42 Å². The lowest BCUT2D eigenvalue weighted by molar-refractivity contribution is -0.128. The first-order valence-corrected chi connectivity index (χ1v) is 7.34. The van der Waals surface area contributed by atoms with Gasteiger partial charge in [-0.2, -0.15) is 4.31 Å². The minimum absolute atomic E-state index is 0.00359. The molecule has 1 atom stereocenters. The van der Waals surface area contributed by atoms with E-state index in [0.717, 1.165) is 0 Å². The van der Waals surface area contributed by atoms with Crippen LogP contribution in [0.5, 0.6) is 0 Å². The molecule has 0 aromatic heterocycles. The quantitative estimate of drug-likeness (QED) is 0.724. The van der Waals surface area contributed by atoms with Gasteiger partial charge in [-0.3, -0.25) is 4.79 Å². The number of rotatable bonds is 3. The van der Waals surface area contributed by atoms with Gasteiger partial charge in [-0.05, 0) is 13.3 Å². The number of nitrogens with zero attached hydrogens (tertiary/aromatic N) is 2. The van der Waals surface area contributed by atoms with E-state index >= 15 is 0 Å². The molecule has 1 unspecified atom stereocenters. The van der Waals surface area contributed by atoms with Crippen molar-refractivity contribution in [2.45, 2.75) is 25.5 Å². The molecule has 0 aromatic rings. The van der Waals surface area contributed by atoms with Crippen molar-refractivity contribution in [3.05, 3.63) is 0 Å². The van der Waals surface area contributed by atoms with Crippen LogP contribution in [0.4, 0.5) is 0 Å². The minimum Gasteiger partial charge on any atom is -0.342 e. The summed E-state index contributed by atoms with van der Waals surface area (Å²) in [5, 5.41) is -0.564. The molecule has 17 heavy (non-hydrogen) atoms. The van der Waals surface area contributed by atoms with Gasteiger partial charge in [0.15, 0.2) is 0 Å². The molecule has 1 fully saturated rings. The summed E-state index contributed by atoms with van der Waals surface area (Å²) < 4.78 is 25.6.